The maximum absolute atomic E-state index is 13.0. The first-order chi connectivity index (χ1) is 14.3. The Hall–Kier alpha value is -3.27. The molecule has 1 saturated heterocycles. The zero-order chi connectivity index (χ0) is 21.7. The number of benzene rings is 2. The molecular formula is C20H17BrFN3O5. The van der Waals surface area contributed by atoms with Crippen molar-refractivity contribution in [2.24, 2.45) is 5.92 Å². The highest BCUT2D eigenvalue weighted by Crippen LogP contribution is 2.26. The lowest BCUT2D eigenvalue weighted by Gasteiger charge is -2.16. The third kappa shape index (κ3) is 5.41. The van der Waals surface area contributed by atoms with Gasteiger partial charge in [0.05, 0.1) is 5.92 Å². The number of nitrogens with zero attached hydrogens (tertiary/aromatic N) is 1. The van der Waals surface area contributed by atoms with E-state index in [1.165, 1.54) is 29.2 Å². The van der Waals surface area contributed by atoms with Crippen LogP contribution in [0.4, 0.5) is 10.1 Å². The van der Waals surface area contributed by atoms with Crippen LogP contribution in [-0.4, -0.2) is 36.8 Å². The van der Waals surface area contributed by atoms with Gasteiger partial charge in [-0.3, -0.25) is 30.0 Å². The van der Waals surface area contributed by atoms with Gasteiger partial charge in [0.15, 0.2) is 6.61 Å². The Morgan fingerprint density at radius 2 is 1.73 bits per heavy atom. The fourth-order valence-electron chi connectivity index (χ4n) is 2.83. The first-order valence-corrected chi connectivity index (χ1v) is 9.70. The van der Waals surface area contributed by atoms with E-state index in [9.17, 15) is 23.6 Å². The Bertz CT molecular complexity index is 965. The molecule has 1 heterocycles. The molecule has 0 radical (unpaired) electrons. The molecule has 8 nitrogen and oxygen atoms in total. The summed E-state index contributed by atoms with van der Waals surface area (Å²) in [5.41, 5.74) is 5.17. The van der Waals surface area contributed by atoms with Crippen LogP contribution in [0.2, 0.25) is 0 Å². The lowest BCUT2D eigenvalue weighted by atomic mass is 10.1. The predicted molar refractivity (Wildman–Crippen MR) is 108 cm³/mol. The Morgan fingerprint density at radius 1 is 1.07 bits per heavy atom. The van der Waals surface area contributed by atoms with Crippen LogP contribution in [0.1, 0.15) is 16.8 Å². The minimum absolute atomic E-state index is 0.0713. The minimum Gasteiger partial charge on any atom is -0.455 e. The monoisotopic (exact) mass is 477 g/mol. The average molecular weight is 478 g/mol. The molecule has 0 aromatic heterocycles. The number of carbonyl (C=O) groups is 4. The van der Waals surface area contributed by atoms with Gasteiger partial charge in [-0.15, -0.1) is 0 Å². The molecule has 1 atom stereocenters. The number of ether oxygens (including phenoxy) is 1. The van der Waals surface area contributed by atoms with Gasteiger partial charge in [-0.25, -0.2) is 4.39 Å². The van der Waals surface area contributed by atoms with Crippen molar-refractivity contribution >= 4 is 45.3 Å². The highest BCUT2D eigenvalue weighted by molar-refractivity contribution is 9.10. The van der Waals surface area contributed by atoms with Gasteiger partial charge in [0, 0.05) is 28.7 Å². The van der Waals surface area contributed by atoms with Crippen LogP contribution >= 0.6 is 15.9 Å². The van der Waals surface area contributed by atoms with Crippen molar-refractivity contribution < 1.29 is 28.3 Å². The van der Waals surface area contributed by atoms with Crippen molar-refractivity contribution in [3.63, 3.8) is 0 Å². The summed E-state index contributed by atoms with van der Waals surface area (Å²) in [7, 11) is 0. The van der Waals surface area contributed by atoms with E-state index in [0.29, 0.717) is 11.3 Å². The number of esters is 1. The summed E-state index contributed by atoms with van der Waals surface area (Å²) in [4.78, 5) is 49.4. The van der Waals surface area contributed by atoms with Gasteiger partial charge < -0.3 is 9.64 Å². The number of hydrogen-bond acceptors (Lipinski definition) is 5. The van der Waals surface area contributed by atoms with Gasteiger partial charge in [-0.1, -0.05) is 15.9 Å². The summed E-state index contributed by atoms with van der Waals surface area (Å²) in [6.45, 7) is -0.536. The van der Waals surface area contributed by atoms with E-state index in [0.717, 1.165) is 4.47 Å². The van der Waals surface area contributed by atoms with Crippen LogP contribution in [-0.2, 0) is 19.1 Å². The average Bonchev–Trinajstić information content (AvgIpc) is 3.13. The molecule has 1 aliphatic heterocycles. The fourth-order valence-corrected chi connectivity index (χ4v) is 3.09. The van der Waals surface area contributed by atoms with Crippen LogP contribution in [0.25, 0.3) is 0 Å². The van der Waals surface area contributed by atoms with E-state index >= 15 is 0 Å². The van der Waals surface area contributed by atoms with E-state index in [1.54, 1.807) is 24.3 Å². The summed E-state index contributed by atoms with van der Waals surface area (Å²) in [6, 6.07) is 11.8. The fraction of sp³-hybridized carbons (Fsp3) is 0.200. The van der Waals surface area contributed by atoms with Crippen molar-refractivity contribution in [2.45, 2.75) is 6.42 Å². The van der Waals surface area contributed by atoms with E-state index < -0.39 is 36.1 Å². The Balaban J connectivity index is 1.44. The number of rotatable bonds is 5. The number of hydrazine groups is 1. The smallest absolute Gasteiger partial charge is 0.311 e. The zero-order valence-electron chi connectivity index (χ0n) is 15.6. The van der Waals surface area contributed by atoms with E-state index in [-0.39, 0.29) is 18.9 Å². The lowest BCUT2D eigenvalue weighted by molar-refractivity contribution is -0.152. The third-order valence-corrected chi connectivity index (χ3v) is 4.89. The number of carbonyl (C=O) groups excluding carboxylic acids is 4. The number of amides is 3. The van der Waals surface area contributed by atoms with Gasteiger partial charge >= 0.3 is 5.97 Å². The standard InChI is InChI=1S/C20H17BrFN3O5/c21-14-3-1-12(2-4-14)19(28)24-23-17(26)11-30-20(29)13-9-18(27)25(10-13)16-7-5-15(22)6-8-16/h1-8,13H,9-11H2,(H,23,26)(H,24,28)/t13-/m1/s1. The molecule has 0 aliphatic carbocycles. The molecule has 10 heteroatoms. The third-order valence-electron chi connectivity index (χ3n) is 4.36. The second-order valence-corrected chi connectivity index (χ2v) is 7.41. The Kier molecular flexibility index (Phi) is 6.78. The van der Waals surface area contributed by atoms with Crippen LogP contribution < -0.4 is 15.8 Å². The minimum atomic E-state index is -0.743. The summed E-state index contributed by atoms with van der Waals surface area (Å²) in [5, 5.41) is 0. The predicted octanol–water partition coefficient (Wildman–Crippen LogP) is 1.95. The molecule has 2 aromatic carbocycles. The summed E-state index contributed by atoms with van der Waals surface area (Å²) in [5.74, 6) is -3.43. The second-order valence-electron chi connectivity index (χ2n) is 6.50. The molecule has 3 amide bonds. The van der Waals surface area contributed by atoms with Crippen LogP contribution in [0.5, 0.6) is 0 Å². The van der Waals surface area contributed by atoms with E-state index in [4.69, 9.17) is 4.74 Å². The van der Waals surface area contributed by atoms with Crippen molar-refractivity contribution in [1.82, 2.24) is 10.9 Å². The molecule has 0 unspecified atom stereocenters. The van der Waals surface area contributed by atoms with Crippen LogP contribution in [0.3, 0.4) is 0 Å². The first-order valence-electron chi connectivity index (χ1n) is 8.91. The molecule has 2 aromatic rings. The van der Waals surface area contributed by atoms with Gasteiger partial charge in [-0.2, -0.15) is 0 Å². The van der Waals surface area contributed by atoms with Gasteiger partial charge in [0.25, 0.3) is 11.8 Å². The normalized spacial score (nSPS) is 15.6. The molecule has 2 N–H and O–H groups in total. The summed E-state index contributed by atoms with van der Waals surface area (Å²) in [6.07, 6.45) is -0.0713. The summed E-state index contributed by atoms with van der Waals surface area (Å²) >= 11 is 3.25. The highest BCUT2D eigenvalue weighted by Gasteiger charge is 2.36. The molecule has 0 bridgehead atoms. The lowest BCUT2D eigenvalue weighted by Crippen LogP contribution is -2.43. The van der Waals surface area contributed by atoms with Gasteiger partial charge in [-0.05, 0) is 48.5 Å². The number of anilines is 1. The van der Waals surface area contributed by atoms with Crippen LogP contribution in [0.15, 0.2) is 53.0 Å². The highest BCUT2D eigenvalue weighted by atomic mass is 79.9. The topological polar surface area (TPSA) is 105 Å². The molecule has 156 valence electrons. The second kappa shape index (κ2) is 9.49. The number of nitrogens with one attached hydrogen (secondary N) is 2. The summed E-state index contributed by atoms with van der Waals surface area (Å²) < 4.78 is 18.8. The molecule has 30 heavy (non-hydrogen) atoms. The Labute approximate surface area is 179 Å². The maximum Gasteiger partial charge on any atom is 0.311 e. The van der Waals surface area contributed by atoms with Gasteiger partial charge in [0.1, 0.15) is 5.82 Å². The molecule has 3 rings (SSSR count). The van der Waals surface area contributed by atoms with Crippen molar-refractivity contribution in [1.29, 1.82) is 0 Å². The molecule has 0 saturated carbocycles. The van der Waals surface area contributed by atoms with Crippen molar-refractivity contribution in [3.05, 3.63) is 64.4 Å². The van der Waals surface area contributed by atoms with E-state index in [1.807, 2.05) is 0 Å². The molecule has 1 fully saturated rings. The molecule has 0 spiro atoms. The number of halogens is 2. The SMILES string of the molecule is O=C(COC(=O)[C@@H]1CC(=O)N(c2ccc(F)cc2)C1)NNC(=O)c1ccc(Br)cc1. The largest absolute Gasteiger partial charge is 0.455 e. The van der Waals surface area contributed by atoms with Gasteiger partial charge in [0.2, 0.25) is 5.91 Å². The Morgan fingerprint density at radius 3 is 2.40 bits per heavy atom. The van der Waals surface area contributed by atoms with E-state index in [2.05, 4.69) is 26.8 Å². The zero-order valence-corrected chi connectivity index (χ0v) is 17.1. The number of hydrogen-bond donors (Lipinski definition) is 2. The molecular weight excluding hydrogens is 461 g/mol. The maximum atomic E-state index is 13.0. The first kappa shape index (κ1) is 21.4. The van der Waals surface area contributed by atoms with Crippen molar-refractivity contribution in [3.8, 4) is 0 Å². The van der Waals surface area contributed by atoms with Crippen molar-refractivity contribution in [2.75, 3.05) is 18.1 Å². The quantitative estimate of drug-likeness (QED) is 0.505. The van der Waals surface area contributed by atoms with Crippen LogP contribution in [0, 0.1) is 11.7 Å². The molecule has 1 aliphatic rings.